The Morgan fingerprint density at radius 2 is 2.00 bits per heavy atom. The number of likely N-dealkylation sites (tertiary alicyclic amines) is 1. The van der Waals surface area contributed by atoms with E-state index >= 15 is 0 Å². The van der Waals surface area contributed by atoms with Gasteiger partial charge < -0.3 is 16.0 Å². The Hall–Kier alpha value is -2.47. The number of nitrogens with two attached hydrogens (primary N) is 1. The largest absolute Gasteiger partial charge is 0.370 e. The number of carbonyl (C=O) groups excluding carboxylic acids is 1. The minimum absolute atomic E-state index is 0.175. The van der Waals surface area contributed by atoms with Crippen LogP contribution in [0.5, 0.6) is 0 Å². The molecule has 6 nitrogen and oxygen atoms in total. The summed E-state index contributed by atoms with van der Waals surface area (Å²) in [5.41, 5.74) is 9.27. The van der Waals surface area contributed by atoms with Crippen molar-refractivity contribution in [1.29, 1.82) is 0 Å². The van der Waals surface area contributed by atoms with Crippen LogP contribution in [0.25, 0.3) is 11.3 Å². The standard InChI is InChI=1S/C25H35N5O/c1-18(31)30-13-3-4-20(17-30)16-28-25-6-2-5-24(29-25)21-11-12-27-23(15-21)14-19-7-9-22(26)10-8-19/h2,5-6,11-12,15,19-20,22H,3-4,7-10,13-14,16-17,26H2,1H3,(H,28,29)/t19?,20-,22?/m1/s1. The molecule has 1 amide bonds. The lowest BCUT2D eigenvalue weighted by Crippen LogP contribution is -2.40. The molecule has 1 aliphatic heterocycles. The van der Waals surface area contributed by atoms with E-state index in [1.54, 1.807) is 6.92 Å². The number of nitrogens with one attached hydrogen (secondary N) is 1. The maximum Gasteiger partial charge on any atom is 0.219 e. The summed E-state index contributed by atoms with van der Waals surface area (Å²) in [5.74, 6) is 2.22. The molecule has 0 aromatic carbocycles. The molecule has 2 fully saturated rings. The summed E-state index contributed by atoms with van der Waals surface area (Å²) in [5, 5.41) is 3.49. The van der Waals surface area contributed by atoms with Crippen molar-refractivity contribution in [2.24, 2.45) is 17.6 Å². The first-order valence-corrected chi connectivity index (χ1v) is 11.7. The van der Waals surface area contributed by atoms with Crippen LogP contribution < -0.4 is 11.1 Å². The van der Waals surface area contributed by atoms with Crippen molar-refractivity contribution in [3.63, 3.8) is 0 Å². The van der Waals surface area contributed by atoms with Gasteiger partial charge in [0.2, 0.25) is 5.91 Å². The van der Waals surface area contributed by atoms with Gasteiger partial charge in [0.15, 0.2) is 0 Å². The first-order chi connectivity index (χ1) is 15.1. The first-order valence-electron chi connectivity index (χ1n) is 11.7. The van der Waals surface area contributed by atoms with E-state index in [1.165, 1.54) is 12.8 Å². The summed E-state index contributed by atoms with van der Waals surface area (Å²) in [6.07, 6.45) is 9.81. The maximum atomic E-state index is 11.7. The zero-order chi connectivity index (χ0) is 21.6. The van der Waals surface area contributed by atoms with Crippen molar-refractivity contribution in [3.05, 3.63) is 42.2 Å². The molecule has 2 aliphatic rings. The highest BCUT2D eigenvalue weighted by Crippen LogP contribution is 2.27. The molecule has 0 spiro atoms. The van der Waals surface area contributed by atoms with Crippen molar-refractivity contribution >= 4 is 11.7 Å². The Bertz CT molecular complexity index is 878. The number of anilines is 1. The molecule has 1 saturated heterocycles. The summed E-state index contributed by atoms with van der Waals surface area (Å²) < 4.78 is 0. The number of nitrogens with zero attached hydrogens (tertiary/aromatic N) is 3. The van der Waals surface area contributed by atoms with E-state index in [9.17, 15) is 4.79 Å². The average molecular weight is 422 g/mol. The van der Waals surface area contributed by atoms with Crippen molar-refractivity contribution < 1.29 is 4.79 Å². The lowest BCUT2D eigenvalue weighted by molar-refractivity contribution is -0.130. The molecule has 1 aliphatic carbocycles. The van der Waals surface area contributed by atoms with Gasteiger partial charge in [0.1, 0.15) is 5.82 Å². The van der Waals surface area contributed by atoms with Crippen LogP contribution in [0.2, 0.25) is 0 Å². The smallest absolute Gasteiger partial charge is 0.219 e. The summed E-state index contributed by atoms with van der Waals surface area (Å²) in [6.45, 7) is 4.22. The number of carbonyl (C=O) groups is 1. The predicted molar refractivity (Wildman–Crippen MR) is 125 cm³/mol. The Morgan fingerprint density at radius 1 is 1.16 bits per heavy atom. The van der Waals surface area contributed by atoms with Gasteiger partial charge in [-0.15, -0.1) is 0 Å². The minimum atomic E-state index is 0.175. The number of aromatic nitrogens is 2. The summed E-state index contributed by atoms with van der Waals surface area (Å²) >= 11 is 0. The van der Waals surface area contributed by atoms with Gasteiger partial charge in [-0.3, -0.25) is 9.78 Å². The Labute approximate surface area is 185 Å². The van der Waals surface area contributed by atoms with Gasteiger partial charge in [0.05, 0.1) is 5.69 Å². The highest BCUT2D eigenvalue weighted by molar-refractivity contribution is 5.73. The number of hydrogen-bond acceptors (Lipinski definition) is 5. The molecule has 0 bridgehead atoms. The van der Waals surface area contributed by atoms with Crippen LogP contribution in [0.3, 0.4) is 0 Å². The molecule has 166 valence electrons. The summed E-state index contributed by atoms with van der Waals surface area (Å²) in [6, 6.07) is 10.7. The van der Waals surface area contributed by atoms with E-state index in [1.807, 2.05) is 23.2 Å². The van der Waals surface area contributed by atoms with Crippen molar-refractivity contribution in [2.75, 3.05) is 25.0 Å². The Morgan fingerprint density at radius 3 is 2.81 bits per heavy atom. The van der Waals surface area contributed by atoms with Crippen molar-refractivity contribution in [3.8, 4) is 11.3 Å². The number of piperidine rings is 1. The van der Waals surface area contributed by atoms with Crippen LogP contribution in [0.1, 0.15) is 51.1 Å². The third-order valence-corrected chi connectivity index (χ3v) is 6.79. The van der Waals surface area contributed by atoms with Crippen molar-refractivity contribution in [2.45, 2.75) is 57.9 Å². The Kier molecular flexibility index (Phi) is 7.17. The van der Waals surface area contributed by atoms with E-state index in [-0.39, 0.29) is 5.91 Å². The fourth-order valence-corrected chi connectivity index (χ4v) is 4.90. The molecular weight excluding hydrogens is 386 g/mol. The van der Waals surface area contributed by atoms with Gasteiger partial charge in [-0.25, -0.2) is 4.98 Å². The second-order valence-electron chi connectivity index (χ2n) is 9.28. The number of rotatable bonds is 6. The minimum Gasteiger partial charge on any atom is -0.370 e. The van der Waals surface area contributed by atoms with Crippen molar-refractivity contribution in [1.82, 2.24) is 14.9 Å². The van der Waals surface area contributed by atoms with Crippen LogP contribution in [0, 0.1) is 11.8 Å². The summed E-state index contributed by atoms with van der Waals surface area (Å²) in [7, 11) is 0. The molecule has 31 heavy (non-hydrogen) atoms. The van der Waals surface area contributed by atoms with Gasteiger partial charge in [-0.1, -0.05) is 6.07 Å². The molecule has 2 aromatic rings. The fourth-order valence-electron chi connectivity index (χ4n) is 4.90. The molecular formula is C25H35N5O. The molecule has 0 unspecified atom stereocenters. The fraction of sp³-hybridized carbons (Fsp3) is 0.560. The number of pyridine rings is 2. The van der Waals surface area contributed by atoms with Crippen LogP contribution in [0.15, 0.2) is 36.5 Å². The molecule has 0 radical (unpaired) electrons. The lowest BCUT2D eigenvalue weighted by Gasteiger charge is -2.32. The van der Waals surface area contributed by atoms with Gasteiger partial charge >= 0.3 is 0 Å². The lowest BCUT2D eigenvalue weighted by atomic mass is 9.83. The van der Waals surface area contributed by atoms with E-state index in [0.717, 1.165) is 74.5 Å². The molecule has 1 atom stereocenters. The SMILES string of the molecule is CC(=O)N1CCC[C@H](CNc2cccc(-c3ccnc(CC4CCC(N)CC4)c3)n2)C1. The highest BCUT2D eigenvalue weighted by atomic mass is 16.2. The van der Waals surface area contributed by atoms with E-state index in [4.69, 9.17) is 10.7 Å². The molecule has 6 heteroatoms. The van der Waals surface area contributed by atoms with Crippen LogP contribution >= 0.6 is 0 Å². The van der Waals surface area contributed by atoms with Gasteiger partial charge in [0, 0.05) is 50.1 Å². The van der Waals surface area contributed by atoms with E-state index in [2.05, 4.69) is 28.5 Å². The zero-order valence-corrected chi connectivity index (χ0v) is 18.6. The third kappa shape index (κ3) is 6.03. The molecule has 1 saturated carbocycles. The van der Waals surface area contributed by atoms with Gasteiger partial charge in [-0.2, -0.15) is 0 Å². The third-order valence-electron chi connectivity index (χ3n) is 6.79. The maximum absolute atomic E-state index is 11.7. The number of amides is 1. The zero-order valence-electron chi connectivity index (χ0n) is 18.6. The topological polar surface area (TPSA) is 84.1 Å². The first kappa shape index (κ1) is 21.8. The second-order valence-corrected chi connectivity index (χ2v) is 9.28. The van der Waals surface area contributed by atoms with Crippen LogP contribution in [-0.2, 0) is 11.2 Å². The van der Waals surface area contributed by atoms with Crippen LogP contribution in [-0.4, -0.2) is 46.5 Å². The van der Waals surface area contributed by atoms with Gasteiger partial charge in [-0.05, 0) is 81.0 Å². The monoisotopic (exact) mass is 421 g/mol. The van der Waals surface area contributed by atoms with Crippen LogP contribution in [0.4, 0.5) is 5.82 Å². The quantitative estimate of drug-likeness (QED) is 0.740. The summed E-state index contributed by atoms with van der Waals surface area (Å²) in [4.78, 5) is 23.1. The average Bonchev–Trinajstić information content (AvgIpc) is 2.80. The normalized spacial score (nSPS) is 24.1. The highest BCUT2D eigenvalue weighted by Gasteiger charge is 2.22. The number of hydrogen-bond donors (Lipinski definition) is 2. The molecule has 3 heterocycles. The molecule has 3 N–H and O–H groups in total. The predicted octanol–water partition coefficient (Wildman–Crippen LogP) is 3.87. The van der Waals surface area contributed by atoms with Gasteiger partial charge in [0.25, 0.3) is 0 Å². The van der Waals surface area contributed by atoms with E-state index < -0.39 is 0 Å². The molecule has 2 aromatic heterocycles. The molecule has 4 rings (SSSR count). The van der Waals surface area contributed by atoms with E-state index in [0.29, 0.717) is 17.9 Å². The Balaban J connectivity index is 1.37. The second kappa shape index (κ2) is 10.2.